The second-order valence-electron chi connectivity index (χ2n) is 8.84. The average molecular weight is 466 g/mol. The summed E-state index contributed by atoms with van der Waals surface area (Å²) in [4.78, 5) is 21.5. The molecule has 0 unspecified atom stereocenters. The molecule has 2 aromatic heterocycles. The molecule has 0 bridgehead atoms. The largest absolute Gasteiger partial charge is 0.444 e. The second-order valence-corrected chi connectivity index (χ2v) is 9.63. The Balaban J connectivity index is 1.50. The van der Waals surface area contributed by atoms with Gasteiger partial charge in [-0.2, -0.15) is 5.10 Å². The van der Waals surface area contributed by atoms with Crippen molar-refractivity contribution in [2.24, 2.45) is 0 Å². The first kappa shape index (κ1) is 22.0. The maximum atomic E-state index is 12.7. The van der Waals surface area contributed by atoms with Crippen LogP contribution < -0.4 is 0 Å². The van der Waals surface area contributed by atoms with Gasteiger partial charge in [-0.1, -0.05) is 20.8 Å². The highest BCUT2D eigenvalue weighted by atomic mass is 79.9. The van der Waals surface area contributed by atoms with Gasteiger partial charge in [-0.15, -0.1) is 0 Å². The van der Waals surface area contributed by atoms with Crippen molar-refractivity contribution in [3.8, 4) is 0 Å². The summed E-state index contributed by atoms with van der Waals surface area (Å²) in [7, 11) is 0. The van der Waals surface area contributed by atoms with Crippen LogP contribution in [0.25, 0.3) is 0 Å². The van der Waals surface area contributed by atoms with Crippen LogP contribution in [0.3, 0.4) is 0 Å². The second kappa shape index (κ2) is 9.00. The number of carbonyl (C=O) groups excluding carboxylic acids is 1. The standard InChI is InChI=1S/C21H32BrN5O2/c1-15-20(22)16(2)27(24-15)10-7-19(28)26-9-6-8-25(11-12-26)14-18-23-13-17(29-18)21(3,4)5/h13H,6-12,14H2,1-5H3. The van der Waals surface area contributed by atoms with Crippen LogP contribution in [-0.4, -0.2) is 56.7 Å². The minimum absolute atomic E-state index is 0.0334. The van der Waals surface area contributed by atoms with Gasteiger partial charge in [0.25, 0.3) is 0 Å². The van der Waals surface area contributed by atoms with Gasteiger partial charge in [0.1, 0.15) is 5.76 Å². The number of nitrogens with zero attached hydrogens (tertiary/aromatic N) is 5. The minimum Gasteiger partial charge on any atom is -0.444 e. The molecule has 1 aliphatic rings. The summed E-state index contributed by atoms with van der Waals surface area (Å²) in [5.74, 6) is 1.86. The Morgan fingerprint density at radius 1 is 1.21 bits per heavy atom. The molecule has 8 heteroatoms. The number of aryl methyl sites for hydroxylation is 2. The molecule has 29 heavy (non-hydrogen) atoms. The van der Waals surface area contributed by atoms with E-state index in [1.165, 1.54) is 0 Å². The molecule has 0 spiro atoms. The van der Waals surface area contributed by atoms with Crippen molar-refractivity contribution in [2.75, 3.05) is 26.2 Å². The first-order chi connectivity index (χ1) is 13.6. The topological polar surface area (TPSA) is 67.4 Å². The molecule has 0 aromatic carbocycles. The van der Waals surface area contributed by atoms with E-state index in [0.717, 1.165) is 60.1 Å². The summed E-state index contributed by atoms with van der Waals surface area (Å²) < 4.78 is 8.87. The van der Waals surface area contributed by atoms with Crippen LogP contribution in [0, 0.1) is 13.8 Å². The Kier molecular flexibility index (Phi) is 6.83. The van der Waals surface area contributed by atoms with Gasteiger partial charge in [0.05, 0.1) is 29.5 Å². The maximum absolute atomic E-state index is 12.7. The summed E-state index contributed by atoms with van der Waals surface area (Å²) in [6.45, 7) is 15.0. The molecule has 1 saturated heterocycles. The Hall–Kier alpha value is -1.67. The number of halogens is 1. The predicted molar refractivity (Wildman–Crippen MR) is 116 cm³/mol. The molecule has 0 saturated carbocycles. The highest BCUT2D eigenvalue weighted by molar-refractivity contribution is 9.10. The quantitative estimate of drug-likeness (QED) is 0.673. The Morgan fingerprint density at radius 3 is 2.59 bits per heavy atom. The monoisotopic (exact) mass is 465 g/mol. The smallest absolute Gasteiger partial charge is 0.224 e. The lowest BCUT2D eigenvalue weighted by atomic mass is 9.94. The van der Waals surface area contributed by atoms with Crippen molar-refractivity contribution >= 4 is 21.8 Å². The van der Waals surface area contributed by atoms with Crippen molar-refractivity contribution in [3.05, 3.63) is 33.7 Å². The lowest BCUT2D eigenvalue weighted by Crippen LogP contribution is -2.35. The molecule has 0 N–H and O–H groups in total. The van der Waals surface area contributed by atoms with Gasteiger partial charge in [0, 0.05) is 43.7 Å². The number of hydrogen-bond donors (Lipinski definition) is 0. The zero-order chi connectivity index (χ0) is 21.2. The van der Waals surface area contributed by atoms with Crippen LogP contribution in [-0.2, 0) is 23.3 Å². The van der Waals surface area contributed by atoms with E-state index in [2.05, 4.69) is 51.7 Å². The minimum atomic E-state index is -0.0334. The van der Waals surface area contributed by atoms with E-state index < -0.39 is 0 Å². The van der Waals surface area contributed by atoms with Crippen LogP contribution in [0.2, 0.25) is 0 Å². The van der Waals surface area contributed by atoms with Crippen molar-refractivity contribution in [2.45, 2.75) is 66.0 Å². The Morgan fingerprint density at radius 2 is 1.97 bits per heavy atom. The van der Waals surface area contributed by atoms with Crippen LogP contribution in [0.4, 0.5) is 0 Å². The summed E-state index contributed by atoms with van der Waals surface area (Å²) in [5.41, 5.74) is 1.99. The lowest BCUT2D eigenvalue weighted by molar-refractivity contribution is -0.131. The van der Waals surface area contributed by atoms with Crippen LogP contribution in [0.5, 0.6) is 0 Å². The maximum Gasteiger partial charge on any atom is 0.224 e. The first-order valence-electron chi connectivity index (χ1n) is 10.3. The number of rotatable bonds is 5. The summed E-state index contributed by atoms with van der Waals surface area (Å²) in [6.07, 6.45) is 3.27. The van der Waals surface area contributed by atoms with Crippen molar-refractivity contribution in [3.63, 3.8) is 0 Å². The molecule has 3 rings (SSSR count). The van der Waals surface area contributed by atoms with Gasteiger partial charge in [-0.05, 0) is 36.2 Å². The fraction of sp³-hybridized carbons (Fsp3) is 0.667. The molecule has 3 heterocycles. The summed E-state index contributed by atoms with van der Waals surface area (Å²) in [5, 5.41) is 4.50. The molecule has 1 amide bonds. The number of aromatic nitrogens is 3. The zero-order valence-electron chi connectivity index (χ0n) is 18.2. The molecule has 2 aromatic rings. The number of carbonyl (C=O) groups is 1. The van der Waals surface area contributed by atoms with Crippen molar-refractivity contribution in [1.82, 2.24) is 24.6 Å². The fourth-order valence-electron chi connectivity index (χ4n) is 3.55. The van der Waals surface area contributed by atoms with E-state index in [1.807, 2.05) is 29.6 Å². The summed E-state index contributed by atoms with van der Waals surface area (Å²) in [6, 6.07) is 0. The average Bonchev–Trinajstić information content (AvgIpc) is 3.13. The molecular formula is C21H32BrN5O2. The molecule has 160 valence electrons. The van der Waals surface area contributed by atoms with Crippen LogP contribution in [0.15, 0.2) is 15.1 Å². The molecule has 1 aliphatic heterocycles. The highest BCUT2D eigenvalue weighted by Crippen LogP contribution is 2.23. The van der Waals surface area contributed by atoms with E-state index in [-0.39, 0.29) is 11.3 Å². The van der Waals surface area contributed by atoms with Gasteiger partial charge in [-0.25, -0.2) is 4.98 Å². The Bertz CT molecular complexity index is 852. The SMILES string of the molecule is Cc1nn(CCC(=O)N2CCCN(Cc3ncc(C(C)(C)C)o3)CC2)c(C)c1Br. The van der Waals surface area contributed by atoms with Crippen molar-refractivity contribution in [1.29, 1.82) is 0 Å². The van der Waals surface area contributed by atoms with Crippen LogP contribution >= 0.6 is 15.9 Å². The van der Waals surface area contributed by atoms with E-state index in [9.17, 15) is 4.79 Å². The normalized spacial score (nSPS) is 16.3. The van der Waals surface area contributed by atoms with Gasteiger partial charge < -0.3 is 9.32 Å². The van der Waals surface area contributed by atoms with Gasteiger partial charge in [0.2, 0.25) is 11.8 Å². The lowest BCUT2D eigenvalue weighted by Gasteiger charge is -2.21. The molecular weight excluding hydrogens is 434 g/mol. The van der Waals surface area contributed by atoms with E-state index in [0.29, 0.717) is 19.5 Å². The van der Waals surface area contributed by atoms with E-state index >= 15 is 0 Å². The molecule has 0 aliphatic carbocycles. The van der Waals surface area contributed by atoms with E-state index in [4.69, 9.17) is 4.42 Å². The van der Waals surface area contributed by atoms with Gasteiger partial charge in [0.15, 0.2) is 0 Å². The third-order valence-corrected chi connectivity index (χ3v) is 6.57. The fourth-order valence-corrected chi connectivity index (χ4v) is 3.84. The zero-order valence-corrected chi connectivity index (χ0v) is 19.8. The third kappa shape index (κ3) is 5.48. The molecule has 0 atom stereocenters. The number of oxazole rings is 1. The van der Waals surface area contributed by atoms with Crippen LogP contribution in [0.1, 0.15) is 56.7 Å². The number of hydrogen-bond acceptors (Lipinski definition) is 5. The number of amides is 1. The predicted octanol–water partition coefficient (Wildman–Crippen LogP) is 3.67. The summed E-state index contributed by atoms with van der Waals surface area (Å²) >= 11 is 3.54. The van der Waals surface area contributed by atoms with Gasteiger partial charge in [-0.3, -0.25) is 14.4 Å². The first-order valence-corrected chi connectivity index (χ1v) is 11.1. The van der Waals surface area contributed by atoms with Gasteiger partial charge >= 0.3 is 0 Å². The molecule has 7 nitrogen and oxygen atoms in total. The van der Waals surface area contributed by atoms with E-state index in [1.54, 1.807) is 0 Å². The Labute approximate surface area is 181 Å². The highest BCUT2D eigenvalue weighted by Gasteiger charge is 2.23. The molecule has 1 fully saturated rings. The molecule has 0 radical (unpaired) electrons. The van der Waals surface area contributed by atoms with Crippen molar-refractivity contribution < 1.29 is 9.21 Å². The third-order valence-electron chi connectivity index (χ3n) is 5.42.